The first-order valence-electron chi connectivity index (χ1n) is 6.50. The fourth-order valence-corrected chi connectivity index (χ4v) is 2.30. The standard InChI is InChI=1S/C13H29ClN/c1-4-5-6-7-8-9-10-12-15(2,3)13-11-14/h4-13H2,1-3H3/q+1. The van der Waals surface area contributed by atoms with Crippen molar-refractivity contribution in [3.8, 4) is 0 Å². The van der Waals surface area contributed by atoms with Gasteiger partial charge in [0.1, 0.15) is 0 Å². The first-order chi connectivity index (χ1) is 7.12. The van der Waals surface area contributed by atoms with E-state index in [4.69, 9.17) is 11.6 Å². The highest BCUT2D eigenvalue weighted by atomic mass is 35.5. The molecule has 0 unspecified atom stereocenters. The number of quaternary nitrogens is 1. The molecular weight excluding hydrogens is 206 g/mol. The van der Waals surface area contributed by atoms with Crippen LogP contribution in [0.1, 0.15) is 51.9 Å². The van der Waals surface area contributed by atoms with Gasteiger partial charge in [0.25, 0.3) is 0 Å². The van der Waals surface area contributed by atoms with Crippen LogP contribution in [0.2, 0.25) is 0 Å². The van der Waals surface area contributed by atoms with Gasteiger partial charge >= 0.3 is 0 Å². The van der Waals surface area contributed by atoms with Crippen molar-refractivity contribution in [3.05, 3.63) is 0 Å². The van der Waals surface area contributed by atoms with Crippen molar-refractivity contribution in [2.45, 2.75) is 51.9 Å². The number of alkyl halides is 1. The highest BCUT2D eigenvalue weighted by molar-refractivity contribution is 6.17. The molecule has 0 amide bonds. The predicted molar refractivity (Wildman–Crippen MR) is 70.6 cm³/mol. The molecule has 0 saturated heterocycles. The van der Waals surface area contributed by atoms with Crippen LogP contribution in [0.4, 0.5) is 0 Å². The molecule has 0 rings (SSSR count). The molecule has 0 atom stereocenters. The third-order valence-electron chi connectivity index (χ3n) is 3.06. The Morgan fingerprint density at radius 1 is 0.800 bits per heavy atom. The van der Waals surface area contributed by atoms with E-state index in [1.54, 1.807) is 0 Å². The molecule has 0 aromatic carbocycles. The summed E-state index contributed by atoms with van der Waals surface area (Å²) in [6.45, 7) is 4.64. The largest absolute Gasteiger partial charge is 0.327 e. The topological polar surface area (TPSA) is 0 Å². The number of hydrogen-bond donors (Lipinski definition) is 0. The van der Waals surface area contributed by atoms with E-state index in [9.17, 15) is 0 Å². The van der Waals surface area contributed by atoms with Crippen LogP contribution in [0.25, 0.3) is 0 Å². The maximum atomic E-state index is 5.77. The molecule has 0 heterocycles. The van der Waals surface area contributed by atoms with Crippen molar-refractivity contribution in [1.29, 1.82) is 0 Å². The molecule has 92 valence electrons. The average molecular weight is 235 g/mol. The number of rotatable bonds is 10. The zero-order chi connectivity index (χ0) is 11.6. The first kappa shape index (κ1) is 15.2. The molecule has 15 heavy (non-hydrogen) atoms. The summed E-state index contributed by atoms with van der Waals surface area (Å²) in [6.07, 6.45) is 9.78. The normalized spacial score (nSPS) is 12.0. The SMILES string of the molecule is CCCCCCCCC[N+](C)(C)CCCl. The van der Waals surface area contributed by atoms with Gasteiger partial charge in [-0.1, -0.05) is 39.0 Å². The van der Waals surface area contributed by atoms with E-state index in [1.165, 1.54) is 51.5 Å². The molecule has 0 aromatic heterocycles. The van der Waals surface area contributed by atoms with Crippen LogP contribution < -0.4 is 0 Å². The van der Waals surface area contributed by atoms with E-state index in [0.717, 1.165) is 16.9 Å². The van der Waals surface area contributed by atoms with Crippen molar-refractivity contribution >= 4 is 11.6 Å². The highest BCUT2D eigenvalue weighted by Crippen LogP contribution is 2.09. The second-order valence-corrected chi connectivity index (χ2v) is 5.57. The molecule has 0 saturated carbocycles. The van der Waals surface area contributed by atoms with Crippen LogP contribution in [0.15, 0.2) is 0 Å². The van der Waals surface area contributed by atoms with E-state index in [0.29, 0.717) is 0 Å². The van der Waals surface area contributed by atoms with Crippen molar-refractivity contribution in [3.63, 3.8) is 0 Å². The average Bonchev–Trinajstić information content (AvgIpc) is 2.16. The molecule has 0 bridgehead atoms. The van der Waals surface area contributed by atoms with Crippen LogP contribution >= 0.6 is 11.6 Å². The van der Waals surface area contributed by atoms with Gasteiger partial charge in [0, 0.05) is 0 Å². The minimum Gasteiger partial charge on any atom is -0.327 e. The molecule has 0 aromatic rings. The lowest BCUT2D eigenvalue weighted by atomic mass is 10.1. The van der Waals surface area contributed by atoms with E-state index in [-0.39, 0.29) is 0 Å². The lowest BCUT2D eigenvalue weighted by molar-refractivity contribution is -0.888. The van der Waals surface area contributed by atoms with Gasteiger partial charge in [0.05, 0.1) is 33.1 Å². The summed E-state index contributed by atoms with van der Waals surface area (Å²) in [7, 11) is 4.55. The second kappa shape index (κ2) is 9.47. The highest BCUT2D eigenvalue weighted by Gasteiger charge is 2.12. The summed E-state index contributed by atoms with van der Waals surface area (Å²) in [5.74, 6) is 0.781. The summed E-state index contributed by atoms with van der Waals surface area (Å²) in [4.78, 5) is 0. The third kappa shape index (κ3) is 10.5. The fraction of sp³-hybridized carbons (Fsp3) is 1.00. The zero-order valence-corrected chi connectivity index (χ0v) is 11.7. The smallest absolute Gasteiger partial charge is 0.0920 e. The Kier molecular flexibility index (Phi) is 9.63. The molecule has 1 nitrogen and oxygen atoms in total. The monoisotopic (exact) mass is 234 g/mol. The Labute approximate surface area is 101 Å². The quantitative estimate of drug-likeness (QED) is 0.304. The van der Waals surface area contributed by atoms with Gasteiger partial charge in [-0.2, -0.15) is 0 Å². The summed E-state index contributed by atoms with van der Waals surface area (Å²) in [5.41, 5.74) is 0. The van der Waals surface area contributed by atoms with Crippen molar-refractivity contribution < 1.29 is 4.48 Å². The third-order valence-corrected chi connectivity index (χ3v) is 3.23. The van der Waals surface area contributed by atoms with Gasteiger partial charge in [-0.3, -0.25) is 0 Å². The molecule has 0 aliphatic rings. The first-order valence-corrected chi connectivity index (χ1v) is 7.04. The number of halogens is 1. The maximum absolute atomic E-state index is 5.77. The van der Waals surface area contributed by atoms with E-state index >= 15 is 0 Å². The molecule has 0 spiro atoms. The van der Waals surface area contributed by atoms with Crippen LogP contribution in [-0.4, -0.2) is 37.5 Å². The number of unbranched alkanes of at least 4 members (excludes halogenated alkanes) is 6. The van der Waals surface area contributed by atoms with Crippen LogP contribution in [-0.2, 0) is 0 Å². The van der Waals surface area contributed by atoms with Gasteiger partial charge in [0.2, 0.25) is 0 Å². The van der Waals surface area contributed by atoms with Crippen LogP contribution in [0, 0.1) is 0 Å². The summed E-state index contributed by atoms with van der Waals surface area (Å²) >= 11 is 5.77. The van der Waals surface area contributed by atoms with Gasteiger partial charge in [-0.05, 0) is 12.8 Å². The minimum absolute atomic E-state index is 0.781. The molecular formula is C13H29ClN+. The lowest BCUT2D eigenvalue weighted by Gasteiger charge is -2.28. The zero-order valence-electron chi connectivity index (χ0n) is 10.9. The van der Waals surface area contributed by atoms with Crippen molar-refractivity contribution in [2.75, 3.05) is 33.1 Å². The van der Waals surface area contributed by atoms with Crippen LogP contribution in [0.3, 0.4) is 0 Å². The van der Waals surface area contributed by atoms with E-state index < -0.39 is 0 Å². The minimum atomic E-state index is 0.781. The Hall–Kier alpha value is 0.250. The Morgan fingerprint density at radius 3 is 1.87 bits per heavy atom. The molecule has 0 fully saturated rings. The lowest BCUT2D eigenvalue weighted by Crippen LogP contribution is -2.41. The molecule has 0 N–H and O–H groups in total. The summed E-state index contributed by atoms with van der Waals surface area (Å²) in [6, 6.07) is 0. The molecule has 0 radical (unpaired) electrons. The van der Waals surface area contributed by atoms with Gasteiger partial charge in [0.15, 0.2) is 0 Å². The van der Waals surface area contributed by atoms with Crippen LogP contribution in [0.5, 0.6) is 0 Å². The van der Waals surface area contributed by atoms with E-state index in [1.807, 2.05) is 0 Å². The molecule has 0 aliphatic carbocycles. The van der Waals surface area contributed by atoms with Crippen molar-refractivity contribution in [2.24, 2.45) is 0 Å². The Balaban J connectivity index is 3.22. The Morgan fingerprint density at radius 2 is 1.33 bits per heavy atom. The van der Waals surface area contributed by atoms with E-state index in [2.05, 4.69) is 21.0 Å². The summed E-state index contributed by atoms with van der Waals surface area (Å²) in [5, 5.41) is 0. The molecule has 0 aliphatic heterocycles. The predicted octanol–water partition coefficient (Wildman–Crippen LogP) is 4.05. The van der Waals surface area contributed by atoms with Crippen molar-refractivity contribution in [1.82, 2.24) is 0 Å². The molecule has 2 heteroatoms. The van der Waals surface area contributed by atoms with Gasteiger partial charge in [-0.15, -0.1) is 11.6 Å². The fourth-order valence-electron chi connectivity index (χ4n) is 1.84. The second-order valence-electron chi connectivity index (χ2n) is 5.19. The maximum Gasteiger partial charge on any atom is 0.0920 e. The van der Waals surface area contributed by atoms with Gasteiger partial charge < -0.3 is 4.48 Å². The number of hydrogen-bond acceptors (Lipinski definition) is 0. The summed E-state index contributed by atoms with van der Waals surface area (Å²) < 4.78 is 1.08. The number of nitrogens with zero attached hydrogens (tertiary/aromatic N) is 1. The van der Waals surface area contributed by atoms with Gasteiger partial charge in [-0.25, -0.2) is 0 Å². The Bertz CT molecular complexity index is 134.